The number of piperidine rings is 1. The van der Waals surface area contributed by atoms with E-state index in [0.29, 0.717) is 6.04 Å². The number of nitrogens with one attached hydrogen (secondary N) is 1. The quantitative estimate of drug-likeness (QED) is 0.849. The highest BCUT2D eigenvalue weighted by atomic mass is 15.3. The van der Waals surface area contributed by atoms with Crippen molar-refractivity contribution in [1.29, 1.82) is 0 Å². The van der Waals surface area contributed by atoms with Crippen LogP contribution in [0.5, 0.6) is 0 Å². The maximum Gasteiger partial charge on any atom is 0.146 e. The van der Waals surface area contributed by atoms with E-state index in [2.05, 4.69) is 34.3 Å². The van der Waals surface area contributed by atoms with Crippen LogP contribution in [0.25, 0.3) is 0 Å². The first-order chi connectivity index (χ1) is 8.66. The Balaban J connectivity index is 1.93. The van der Waals surface area contributed by atoms with Gasteiger partial charge in [0, 0.05) is 19.6 Å². The standard InChI is InChI=1S/C13H25N5/c1-11(2)18(8-12-4-6-14-7-5-12)9-13-16-15-10-17(13)3/h10-12,14H,4-9H2,1-3H3. The maximum absolute atomic E-state index is 4.19. The molecule has 0 aromatic carbocycles. The summed E-state index contributed by atoms with van der Waals surface area (Å²) in [6, 6.07) is 0.552. The molecule has 1 aliphatic heterocycles. The summed E-state index contributed by atoms with van der Waals surface area (Å²) < 4.78 is 2.01. The van der Waals surface area contributed by atoms with Crippen molar-refractivity contribution in [2.24, 2.45) is 13.0 Å². The second kappa shape index (κ2) is 6.29. The summed E-state index contributed by atoms with van der Waals surface area (Å²) >= 11 is 0. The zero-order chi connectivity index (χ0) is 13.0. The third-order valence-electron chi connectivity index (χ3n) is 3.83. The van der Waals surface area contributed by atoms with E-state index >= 15 is 0 Å². The summed E-state index contributed by atoms with van der Waals surface area (Å²) in [5.74, 6) is 1.87. The van der Waals surface area contributed by atoms with Crippen molar-refractivity contribution >= 4 is 0 Å². The first kappa shape index (κ1) is 13.5. The Hall–Kier alpha value is -0.940. The van der Waals surface area contributed by atoms with Crippen LogP contribution in [0.3, 0.4) is 0 Å². The molecule has 0 atom stereocenters. The number of aromatic nitrogens is 3. The molecule has 0 bridgehead atoms. The molecular weight excluding hydrogens is 226 g/mol. The molecule has 18 heavy (non-hydrogen) atoms. The Morgan fingerprint density at radius 3 is 2.72 bits per heavy atom. The first-order valence-corrected chi connectivity index (χ1v) is 6.94. The molecule has 0 unspecified atom stereocenters. The molecule has 1 fully saturated rings. The van der Waals surface area contributed by atoms with Crippen LogP contribution in [0.15, 0.2) is 6.33 Å². The van der Waals surface area contributed by atoms with Crippen molar-refractivity contribution in [3.8, 4) is 0 Å². The molecule has 0 radical (unpaired) electrons. The lowest BCUT2D eigenvalue weighted by Gasteiger charge is -2.32. The van der Waals surface area contributed by atoms with Crippen LogP contribution in [0.1, 0.15) is 32.5 Å². The Morgan fingerprint density at radius 2 is 2.17 bits per heavy atom. The van der Waals surface area contributed by atoms with E-state index in [9.17, 15) is 0 Å². The molecule has 1 saturated heterocycles. The highest BCUT2D eigenvalue weighted by Gasteiger charge is 2.20. The summed E-state index contributed by atoms with van der Waals surface area (Å²) in [6.07, 6.45) is 4.36. The van der Waals surface area contributed by atoms with Gasteiger partial charge < -0.3 is 9.88 Å². The van der Waals surface area contributed by atoms with E-state index in [4.69, 9.17) is 0 Å². The highest BCUT2D eigenvalue weighted by molar-refractivity contribution is 4.86. The monoisotopic (exact) mass is 251 g/mol. The van der Waals surface area contributed by atoms with Gasteiger partial charge in [-0.1, -0.05) is 0 Å². The zero-order valence-electron chi connectivity index (χ0n) is 11.8. The fourth-order valence-corrected chi connectivity index (χ4v) is 2.49. The number of hydrogen-bond donors (Lipinski definition) is 1. The first-order valence-electron chi connectivity index (χ1n) is 6.94. The third kappa shape index (κ3) is 3.53. The second-order valence-corrected chi connectivity index (χ2v) is 5.57. The molecular formula is C13H25N5. The van der Waals surface area contributed by atoms with Crippen LogP contribution in [0.2, 0.25) is 0 Å². The fourth-order valence-electron chi connectivity index (χ4n) is 2.49. The van der Waals surface area contributed by atoms with Gasteiger partial charge in [0.25, 0.3) is 0 Å². The Bertz CT molecular complexity index is 354. The van der Waals surface area contributed by atoms with Gasteiger partial charge in [-0.3, -0.25) is 4.90 Å². The normalized spacial score (nSPS) is 17.8. The molecule has 0 saturated carbocycles. The van der Waals surface area contributed by atoms with Crippen LogP contribution in [-0.2, 0) is 13.6 Å². The van der Waals surface area contributed by atoms with Gasteiger partial charge in [-0.15, -0.1) is 10.2 Å². The third-order valence-corrected chi connectivity index (χ3v) is 3.83. The SMILES string of the molecule is CC(C)N(Cc1nncn1C)CC1CCNCC1. The summed E-state index contributed by atoms with van der Waals surface area (Å²) in [5, 5.41) is 11.6. The van der Waals surface area contributed by atoms with Gasteiger partial charge in [0.15, 0.2) is 0 Å². The molecule has 1 aromatic heterocycles. The van der Waals surface area contributed by atoms with Crippen molar-refractivity contribution in [1.82, 2.24) is 25.0 Å². The number of rotatable bonds is 5. The summed E-state index contributed by atoms with van der Waals surface area (Å²) in [7, 11) is 2.01. The molecule has 2 rings (SSSR count). The number of nitrogens with zero attached hydrogens (tertiary/aromatic N) is 4. The molecule has 0 spiro atoms. The molecule has 102 valence electrons. The molecule has 0 aliphatic carbocycles. The highest BCUT2D eigenvalue weighted by Crippen LogP contribution is 2.16. The molecule has 1 aliphatic rings. The van der Waals surface area contributed by atoms with Crippen LogP contribution in [-0.4, -0.2) is 45.3 Å². The predicted octanol–water partition coefficient (Wildman–Crippen LogP) is 1.03. The van der Waals surface area contributed by atoms with E-state index in [-0.39, 0.29) is 0 Å². The van der Waals surface area contributed by atoms with Crippen molar-refractivity contribution in [2.75, 3.05) is 19.6 Å². The minimum atomic E-state index is 0.552. The average Bonchev–Trinajstić information content (AvgIpc) is 2.75. The average molecular weight is 251 g/mol. The van der Waals surface area contributed by atoms with E-state index in [0.717, 1.165) is 18.3 Å². The van der Waals surface area contributed by atoms with E-state index in [1.165, 1.54) is 32.5 Å². The number of aryl methyl sites for hydroxylation is 1. The van der Waals surface area contributed by atoms with Crippen LogP contribution in [0, 0.1) is 5.92 Å². The largest absolute Gasteiger partial charge is 0.320 e. The Labute approximate surface area is 110 Å². The lowest BCUT2D eigenvalue weighted by atomic mass is 9.97. The Kier molecular flexibility index (Phi) is 4.72. The van der Waals surface area contributed by atoms with Gasteiger partial charge in [-0.2, -0.15) is 0 Å². The molecule has 5 nitrogen and oxygen atoms in total. The molecule has 2 heterocycles. The summed E-state index contributed by atoms with van der Waals surface area (Å²) in [5.41, 5.74) is 0. The maximum atomic E-state index is 4.19. The minimum absolute atomic E-state index is 0.552. The summed E-state index contributed by atoms with van der Waals surface area (Å²) in [6.45, 7) is 8.93. The van der Waals surface area contributed by atoms with Crippen molar-refractivity contribution in [3.05, 3.63) is 12.2 Å². The van der Waals surface area contributed by atoms with E-state index < -0.39 is 0 Å². The van der Waals surface area contributed by atoms with Gasteiger partial charge in [-0.05, 0) is 45.7 Å². The lowest BCUT2D eigenvalue weighted by molar-refractivity contribution is 0.157. The second-order valence-electron chi connectivity index (χ2n) is 5.57. The number of hydrogen-bond acceptors (Lipinski definition) is 4. The van der Waals surface area contributed by atoms with Gasteiger partial charge in [0.2, 0.25) is 0 Å². The van der Waals surface area contributed by atoms with E-state index in [1.807, 2.05) is 11.6 Å². The topological polar surface area (TPSA) is 46.0 Å². The van der Waals surface area contributed by atoms with Gasteiger partial charge >= 0.3 is 0 Å². The van der Waals surface area contributed by atoms with Gasteiger partial charge in [-0.25, -0.2) is 0 Å². The molecule has 1 aromatic rings. The summed E-state index contributed by atoms with van der Waals surface area (Å²) in [4.78, 5) is 2.51. The van der Waals surface area contributed by atoms with Crippen molar-refractivity contribution in [2.45, 2.75) is 39.3 Å². The lowest BCUT2D eigenvalue weighted by Crippen LogP contribution is -2.39. The molecule has 1 N–H and O–H groups in total. The van der Waals surface area contributed by atoms with Gasteiger partial charge in [0.05, 0.1) is 6.54 Å². The van der Waals surface area contributed by atoms with Crippen molar-refractivity contribution in [3.63, 3.8) is 0 Å². The fraction of sp³-hybridized carbons (Fsp3) is 0.846. The minimum Gasteiger partial charge on any atom is -0.320 e. The molecule has 0 amide bonds. The van der Waals surface area contributed by atoms with Crippen LogP contribution >= 0.6 is 0 Å². The van der Waals surface area contributed by atoms with E-state index in [1.54, 1.807) is 6.33 Å². The zero-order valence-corrected chi connectivity index (χ0v) is 11.8. The van der Waals surface area contributed by atoms with Crippen LogP contribution < -0.4 is 5.32 Å². The smallest absolute Gasteiger partial charge is 0.146 e. The Morgan fingerprint density at radius 1 is 1.44 bits per heavy atom. The van der Waals surface area contributed by atoms with Crippen molar-refractivity contribution < 1.29 is 0 Å². The van der Waals surface area contributed by atoms with Gasteiger partial charge in [0.1, 0.15) is 12.2 Å². The van der Waals surface area contributed by atoms with Crippen LogP contribution in [0.4, 0.5) is 0 Å². The molecule has 5 heteroatoms. The predicted molar refractivity (Wildman–Crippen MR) is 72.1 cm³/mol.